The van der Waals surface area contributed by atoms with Gasteiger partial charge in [-0.05, 0) is 24.3 Å². The van der Waals surface area contributed by atoms with E-state index in [4.69, 9.17) is 28.1 Å². The van der Waals surface area contributed by atoms with Crippen LogP contribution in [0.4, 0.5) is 0 Å². The molecule has 4 heterocycles. The molecule has 10 heteroatoms. The van der Waals surface area contributed by atoms with Crippen LogP contribution in [0, 0.1) is 0 Å². The number of hydrogen-bond acceptors (Lipinski definition) is 6. The lowest BCUT2D eigenvalue weighted by atomic mass is 9.66. The Kier molecular flexibility index (Phi) is 6.25. The summed E-state index contributed by atoms with van der Waals surface area (Å²) < 4.78 is 40.6. The zero-order valence-corrected chi connectivity index (χ0v) is 25.9. The van der Waals surface area contributed by atoms with Gasteiger partial charge in [0, 0.05) is 52.7 Å². The topological polar surface area (TPSA) is 61.4 Å². The molecule has 0 unspecified atom stereocenters. The fourth-order valence-electron chi connectivity index (χ4n) is 5.68. The number of hydrogen-bond donors (Lipinski definition) is 0. The van der Waals surface area contributed by atoms with Gasteiger partial charge in [-0.25, -0.2) is 0 Å². The van der Waals surface area contributed by atoms with Crippen LogP contribution in [0.15, 0.2) is 97.1 Å². The predicted octanol–water partition coefficient (Wildman–Crippen LogP) is 4.96. The van der Waals surface area contributed by atoms with Crippen molar-refractivity contribution in [3.05, 3.63) is 108 Å². The van der Waals surface area contributed by atoms with Crippen LogP contribution in [-0.4, -0.2) is 46.5 Å². The van der Waals surface area contributed by atoms with Crippen molar-refractivity contribution in [1.29, 1.82) is 0 Å². The number of fused-ring (bicyclic) bond motifs is 6. The number of benzene rings is 4. The molecule has 4 aromatic rings. The monoisotopic (exact) mass is 590 g/mol. The molecule has 0 saturated heterocycles. The SMILES string of the molecule is CC(C)(C)[N+]1=Cc2ccccc2[B-]2(Oc3ccccc3O2)O1.CC(C)(C)[N+]1=Cc2ccccc2[B-]2(Oc3ccccc3O2)O1. The summed E-state index contributed by atoms with van der Waals surface area (Å²) >= 11 is 0. The second kappa shape index (κ2) is 9.84. The first kappa shape index (κ1) is 28.0. The van der Waals surface area contributed by atoms with Crippen LogP contribution in [0.3, 0.4) is 0 Å². The first-order chi connectivity index (χ1) is 21.0. The molecule has 2 spiro atoms. The first-order valence-electron chi connectivity index (χ1n) is 15.0. The lowest BCUT2D eigenvalue weighted by Gasteiger charge is -2.38. The van der Waals surface area contributed by atoms with Gasteiger partial charge in [-0.1, -0.05) is 93.2 Å². The Morgan fingerprint density at radius 3 is 1.05 bits per heavy atom. The van der Waals surface area contributed by atoms with Gasteiger partial charge in [-0.2, -0.15) is 0 Å². The van der Waals surface area contributed by atoms with Crippen molar-refractivity contribution in [2.75, 3.05) is 0 Å². The van der Waals surface area contributed by atoms with Gasteiger partial charge in [0.2, 0.25) is 12.4 Å². The molecular weight excluding hydrogens is 554 g/mol. The molecule has 0 atom stereocenters. The average Bonchev–Trinajstić information content (AvgIpc) is 3.55. The summed E-state index contributed by atoms with van der Waals surface area (Å²) in [5, 5.41) is 0. The third-order valence-corrected chi connectivity index (χ3v) is 7.92. The van der Waals surface area contributed by atoms with E-state index in [1.54, 1.807) is 0 Å². The summed E-state index contributed by atoms with van der Waals surface area (Å²) in [7, 11) is 0. The maximum Gasteiger partial charge on any atom is 0.634 e. The van der Waals surface area contributed by atoms with Gasteiger partial charge in [0.05, 0.1) is 0 Å². The number of rotatable bonds is 0. The molecule has 0 bridgehead atoms. The van der Waals surface area contributed by atoms with E-state index in [9.17, 15) is 0 Å². The van der Waals surface area contributed by atoms with Crippen molar-refractivity contribution >= 4 is 36.9 Å². The molecule has 8 nitrogen and oxygen atoms in total. The van der Waals surface area contributed by atoms with Gasteiger partial charge in [0.15, 0.2) is 11.1 Å². The Morgan fingerprint density at radius 1 is 0.432 bits per heavy atom. The average molecular weight is 590 g/mol. The number of hydroxylamine groups is 2. The van der Waals surface area contributed by atoms with Gasteiger partial charge >= 0.3 is 13.5 Å². The Bertz CT molecular complexity index is 1640. The summed E-state index contributed by atoms with van der Waals surface area (Å²) in [6, 6.07) is 31.4. The van der Waals surface area contributed by atoms with E-state index in [0.29, 0.717) is 23.0 Å². The molecule has 0 aromatic heterocycles. The maximum atomic E-state index is 6.20. The van der Waals surface area contributed by atoms with E-state index < -0.39 is 13.5 Å². The minimum Gasteiger partial charge on any atom is -0.640 e. The van der Waals surface area contributed by atoms with Gasteiger partial charge < -0.3 is 28.1 Å². The second-order valence-corrected chi connectivity index (χ2v) is 13.4. The molecule has 44 heavy (non-hydrogen) atoms. The van der Waals surface area contributed by atoms with Crippen LogP contribution in [0.5, 0.6) is 23.0 Å². The molecule has 0 saturated carbocycles. The van der Waals surface area contributed by atoms with Crippen LogP contribution in [0.25, 0.3) is 0 Å². The van der Waals surface area contributed by atoms with Crippen LogP contribution in [0.2, 0.25) is 0 Å². The second-order valence-electron chi connectivity index (χ2n) is 13.4. The van der Waals surface area contributed by atoms with Gasteiger partial charge in [-0.15, -0.1) is 0 Å². The minimum atomic E-state index is -2.05. The summed E-state index contributed by atoms with van der Waals surface area (Å²) in [5.74, 6) is 2.86. The number of nitrogens with zero attached hydrogens (tertiary/aromatic N) is 2. The summed E-state index contributed by atoms with van der Waals surface area (Å²) in [5.41, 5.74) is 3.56. The van der Waals surface area contributed by atoms with Crippen LogP contribution in [-0.2, 0) is 9.51 Å². The van der Waals surface area contributed by atoms with Gasteiger partial charge in [0.25, 0.3) is 0 Å². The highest BCUT2D eigenvalue weighted by atomic mass is 16.8. The first-order valence-corrected chi connectivity index (χ1v) is 15.0. The Balaban J connectivity index is 0.000000142. The molecule has 224 valence electrons. The molecule has 0 amide bonds. The van der Waals surface area contributed by atoms with E-state index in [0.717, 1.165) is 22.1 Å². The zero-order chi connectivity index (χ0) is 30.7. The third kappa shape index (κ3) is 4.75. The molecule has 4 aliphatic heterocycles. The van der Waals surface area contributed by atoms with Crippen molar-refractivity contribution in [2.24, 2.45) is 0 Å². The van der Waals surface area contributed by atoms with E-state index >= 15 is 0 Å². The molecule has 0 radical (unpaired) electrons. The molecule has 4 aromatic carbocycles. The molecule has 4 aliphatic rings. The van der Waals surface area contributed by atoms with Crippen LogP contribution < -0.4 is 29.5 Å². The minimum absolute atomic E-state index is 0.205. The van der Waals surface area contributed by atoms with Gasteiger partial charge in [-0.3, -0.25) is 0 Å². The van der Waals surface area contributed by atoms with Crippen molar-refractivity contribution in [3.8, 4) is 23.0 Å². The quantitative estimate of drug-likeness (QED) is 0.213. The fraction of sp³-hybridized carbons (Fsp3) is 0.235. The van der Waals surface area contributed by atoms with Crippen molar-refractivity contribution < 1.29 is 37.6 Å². The summed E-state index contributed by atoms with van der Waals surface area (Å²) in [6.45, 7) is 8.41. The predicted molar refractivity (Wildman–Crippen MR) is 172 cm³/mol. The highest BCUT2D eigenvalue weighted by Gasteiger charge is 2.54. The standard InChI is InChI=1S/2C17H18BNO3/c2*1-17(2,3)19-12-13-8-4-5-9-14(13)18(22-19)20-15-10-6-7-11-16(15)21-18/h2*4-12H,1-3H3. The molecule has 0 aliphatic carbocycles. The summed E-state index contributed by atoms with van der Waals surface area (Å²) in [6.07, 6.45) is 4.00. The highest BCUT2D eigenvalue weighted by molar-refractivity contribution is 6.79. The highest BCUT2D eigenvalue weighted by Crippen LogP contribution is 2.40. The molecule has 8 rings (SSSR count). The molecular formula is C34H36B2N2O6. The van der Waals surface area contributed by atoms with Crippen molar-refractivity contribution in [3.63, 3.8) is 0 Å². The number of para-hydroxylation sites is 4. The maximum absolute atomic E-state index is 6.20. The van der Waals surface area contributed by atoms with Crippen LogP contribution >= 0.6 is 0 Å². The smallest absolute Gasteiger partial charge is 0.634 e. The Labute approximate surface area is 258 Å². The third-order valence-electron chi connectivity index (χ3n) is 7.92. The normalized spacial score (nSPS) is 17.7. The van der Waals surface area contributed by atoms with E-state index in [2.05, 4.69) is 53.7 Å². The lowest BCUT2D eigenvalue weighted by molar-refractivity contribution is -0.801. The Hall–Kier alpha value is -4.85. The molecule has 0 N–H and O–H groups in total. The summed E-state index contributed by atoms with van der Waals surface area (Å²) in [4.78, 5) is 0. The van der Waals surface area contributed by atoms with Gasteiger partial charge in [0.1, 0.15) is 23.0 Å². The van der Waals surface area contributed by atoms with Crippen molar-refractivity contribution in [1.82, 2.24) is 0 Å². The largest absolute Gasteiger partial charge is 0.640 e. The van der Waals surface area contributed by atoms with E-state index in [-0.39, 0.29) is 11.1 Å². The van der Waals surface area contributed by atoms with Crippen LogP contribution in [0.1, 0.15) is 52.7 Å². The molecule has 0 fully saturated rings. The van der Waals surface area contributed by atoms with Crippen molar-refractivity contribution in [2.45, 2.75) is 52.6 Å². The Morgan fingerprint density at radius 2 is 0.727 bits per heavy atom. The lowest BCUT2D eigenvalue weighted by Crippen LogP contribution is -2.66. The van der Waals surface area contributed by atoms with E-state index in [1.807, 2.05) is 107 Å². The fourth-order valence-corrected chi connectivity index (χ4v) is 5.68. The zero-order valence-electron chi connectivity index (χ0n) is 25.9. The van der Waals surface area contributed by atoms with E-state index in [1.165, 1.54) is 0 Å².